The maximum absolute atomic E-state index is 10.9. The minimum atomic E-state index is -1.12. The van der Waals surface area contributed by atoms with E-state index in [1.165, 1.54) is 6.07 Å². The van der Waals surface area contributed by atoms with Crippen LogP contribution in [0.4, 0.5) is 17.1 Å². The number of fused-ring (bicyclic) bond motifs is 1. The van der Waals surface area contributed by atoms with E-state index in [0.29, 0.717) is 6.54 Å². The highest BCUT2D eigenvalue weighted by Gasteiger charge is 2.42. The molecule has 2 unspecified atom stereocenters. The molecule has 0 saturated heterocycles. The number of nitro benzene ring substituents is 1. The number of rotatable bonds is 5. The van der Waals surface area contributed by atoms with Crippen LogP contribution in [0.1, 0.15) is 6.92 Å². The number of hydrogen-bond donors (Lipinski definition) is 4. The fourth-order valence-electron chi connectivity index (χ4n) is 2.73. The Labute approximate surface area is 156 Å². The zero-order valence-electron chi connectivity index (χ0n) is 14.9. The summed E-state index contributed by atoms with van der Waals surface area (Å²) in [5.41, 5.74) is 0.733. The van der Waals surface area contributed by atoms with Crippen LogP contribution < -0.4 is 16.0 Å². The van der Waals surface area contributed by atoms with E-state index in [1.807, 2.05) is 0 Å². The van der Waals surface area contributed by atoms with Gasteiger partial charge in [0.2, 0.25) is 0 Å². The van der Waals surface area contributed by atoms with Crippen molar-refractivity contribution in [2.24, 2.45) is 0 Å². The third-order valence-electron chi connectivity index (χ3n) is 4.32. The lowest BCUT2D eigenvalue weighted by Crippen LogP contribution is -2.53. The van der Waals surface area contributed by atoms with E-state index >= 15 is 0 Å². The fourth-order valence-corrected chi connectivity index (χ4v) is 2.73. The van der Waals surface area contributed by atoms with Crippen LogP contribution in [0.3, 0.4) is 0 Å². The standard InChI is InChI=1S/C9H14N2O3.C8H9N3O2/c1-9(11(13)14)5-3-2-4-8(9)10-6-7-12;12-11(13)6-1-2-7-8(5-6)10-4-3-9-7/h2-5,8,10,12H,6-7H2,1H3;1-2,5,9-10H,3-4H2. The van der Waals surface area contributed by atoms with Crippen LogP contribution in [0, 0.1) is 20.2 Å². The first-order chi connectivity index (χ1) is 12.9. The maximum atomic E-state index is 10.9. The molecule has 10 heteroatoms. The van der Waals surface area contributed by atoms with Gasteiger partial charge in [0.1, 0.15) is 6.04 Å². The topological polar surface area (TPSA) is 143 Å². The molecule has 2 aliphatic rings. The van der Waals surface area contributed by atoms with Crippen LogP contribution >= 0.6 is 0 Å². The molecule has 1 aromatic rings. The van der Waals surface area contributed by atoms with E-state index in [0.717, 1.165) is 24.5 Å². The van der Waals surface area contributed by atoms with Gasteiger partial charge >= 0.3 is 0 Å². The molecule has 0 amide bonds. The van der Waals surface area contributed by atoms with Gasteiger partial charge in [-0.25, -0.2) is 0 Å². The molecule has 4 N–H and O–H groups in total. The van der Waals surface area contributed by atoms with Crippen molar-refractivity contribution in [1.29, 1.82) is 0 Å². The lowest BCUT2D eigenvalue weighted by atomic mass is 9.89. The number of anilines is 2. The van der Waals surface area contributed by atoms with E-state index in [1.54, 1.807) is 43.4 Å². The summed E-state index contributed by atoms with van der Waals surface area (Å²) < 4.78 is 0. The summed E-state index contributed by atoms with van der Waals surface area (Å²) in [5, 5.41) is 39.1. The molecule has 146 valence electrons. The van der Waals surface area contributed by atoms with Crippen molar-refractivity contribution in [1.82, 2.24) is 5.32 Å². The number of aliphatic hydroxyl groups excluding tert-OH is 1. The molecule has 0 aromatic heterocycles. The van der Waals surface area contributed by atoms with Gasteiger partial charge in [0, 0.05) is 43.6 Å². The second-order valence-electron chi connectivity index (χ2n) is 6.22. The highest BCUT2D eigenvalue weighted by Crippen LogP contribution is 2.28. The third-order valence-corrected chi connectivity index (χ3v) is 4.32. The Hall–Kier alpha value is -2.98. The second-order valence-corrected chi connectivity index (χ2v) is 6.22. The van der Waals surface area contributed by atoms with Crippen LogP contribution in [-0.2, 0) is 0 Å². The van der Waals surface area contributed by atoms with Crippen LogP contribution in [0.5, 0.6) is 0 Å². The molecule has 0 fully saturated rings. The van der Waals surface area contributed by atoms with Crippen LogP contribution in [0.15, 0.2) is 42.5 Å². The lowest BCUT2D eigenvalue weighted by molar-refractivity contribution is -0.553. The van der Waals surface area contributed by atoms with Crippen molar-refractivity contribution in [3.8, 4) is 0 Å². The molecule has 0 saturated carbocycles. The Morgan fingerprint density at radius 3 is 2.56 bits per heavy atom. The summed E-state index contributed by atoms with van der Waals surface area (Å²) in [4.78, 5) is 20.6. The summed E-state index contributed by atoms with van der Waals surface area (Å²) in [6, 6.07) is 4.40. The van der Waals surface area contributed by atoms with E-state index in [9.17, 15) is 20.2 Å². The molecule has 2 atom stereocenters. The van der Waals surface area contributed by atoms with Crippen molar-refractivity contribution in [3.05, 3.63) is 62.7 Å². The molecule has 1 aliphatic carbocycles. The molecule has 1 aliphatic heterocycles. The lowest BCUT2D eigenvalue weighted by Gasteiger charge is -2.27. The van der Waals surface area contributed by atoms with Crippen LogP contribution in [-0.4, -0.2) is 52.8 Å². The number of nitrogens with zero attached hydrogens (tertiary/aromatic N) is 2. The molecule has 1 heterocycles. The van der Waals surface area contributed by atoms with Crippen molar-refractivity contribution >= 4 is 17.1 Å². The first-order valence-electron chi connectivity index (χ1n) is 8.49. The van der Waals surface area contributed by atoms with Gasteiger partial charge in [0.05, 0.1) is 22.9 Å². The molecule has 27 heavy (non-hydrogen) atoms. The fraction of sp³-hybridized carbons (Fsp3) is 0.412. The first-order valence-corrected chi connectivity index (χ1v) is 8.49. The summed E-state index contributed by atoms with van der Waals surface area (Å²) in [5.74, 6) is 0. The van der Waals surface area contributed by atoms with Crippen LogP contribution in [0.2, 0.25) is 0 Å². The highest BCUT2D eigenvalue weighted by atomic mass is 16.6. The van der Waals surface area contributed by atoms with Gasteiger partial charge in [-0.05, 0) is 12.1 Å². The first kappa shape index (κ1) is 20.3. The SMILES string of the molecule is CC1([N+](=O)[O-])C=CC=CC1NCCO.O=[N+]([O-])c1ccc2c(c1)NCCN2. The summed E-state index contributed by atoms with van der Waals surface area (Å²) >= 11 is 0. The molecule has 0 bridgehead atoms. The number of aliphatic hydroxyl groups is 1. The Balaban J connectivity index is 0.000000194. The van der Waals surface area contributed by atoms with E-state index < -0.39 is 10.5 Å². The summed E-state index contributed by atoms with van der Waals surface area (Å²) in [6.07, 6.45) is 6.72. The van der Waals surface area contributed by atoms with Crippen molar-refractivity contribution in [2.45, 2.75) is 18.5 Å². The summed E-state index contributed by atoms with van der Waals surface area (Å²) in [7, 11) is 0. The highest BCUT2D eigenvalue weighted by molar-refractivity contribution is 5.73. The Morgan fingerprint density at radius 1 is 1.22 bits per heavy atom. The molecule has 3 rings (SSSR count). The molecular formula is C17H23N5O5. The van der Waals surface area contributed by atoms with Crippen molar-refractivity contribution in [3.63, 3.8) is 0 Å². The van der Waals surface area contributed by atoms with Gasteiger partial charge < -0.3 is 21.1 Å². The average Bonchev–Trinajstić information content (AvgIpc) is 2.67. The van der Waals surface area contributed by atoms with Gasteiger partial charge in [0.25, 0.3) is 11.2 Å². The third kappa shape index (κ3) is 5.02. The molecule has 0 radical (unpaired) electrons. The minimum absolute atomic E-state index is 0.0259. The maximum Gasteiger partial charge on any atom is 0.271 e. The van der Waals surface area contributed by atoms with E-state index in [4.69, 9.17) is 5.11 Å². The number of non-ortho nitro benzene ring substituents is 1. The molecule has 1 aromatic carbocycles. The molecular weight excluding hydrogens is 354 g/mol. The zero-order chi connectivity index (χ0) is 19.9. The van der Waals surface area contributed by atoms with Gasteiger partial charge in [-0.2, -0.15) is 0 Å². The van der Waals surface area contributed by atoms with Crippen molar-refractivity contribution < 1.29 is 15.0 Å². The van der Waals surface area contributed by atoms with E-state index in [2.05, 4.69) is 16.0 Å². The van der Waals surface area contributed by atoms with E-state index in [-0.39, 0.29) is 23.3 Å². The second kappa shape index (κ2) is 9.10. The number of benzene rings is 1. The largest absolute Gasteiger partial charge is 0.395 e. The van der Waals surface area contributed by atoms with Gasteiger partial charge in [0.15, 0.2) is 0 Å². The summed E-state index contributed by atoms with van der Waals surface area (Å²) in [6.45, 7) is 3.54. The molecule has 0 spiro atoms. The average molecular weight is 377 g/mol. The quantitative estimate of drug-likeness (QED) is 0.447. The Kier molecular flexibility index (Phi) is 6.85. The minimum Gasteiger partial charge on any atom is -0.395 e. The van der Waals surface area contributed by atoms with Crippen LogP contribution in [0.25, 0.3) is 0 Å². The molecule has 10 nitrogen and oxygen atoms in total. The number of allylic oxidation sites excluding steroid dienone is 2. The number of hydrogen-bond acceptors (Lipinski definition) is 8. The van der Waals surface area contributed by atoms with Gasteiger partial charge in [-0.1, -0.05) is 18.2 Å². The predicted octanol–water partition coefficient (Wildman–Crippen LogP) is 1.53. The normalized spacial score (nSPS) is 22.5. The monoisotopic (exact) mass is 377 g/mol. The Morgan fingerprint density at radius 2 is 1.93 bits per heavy atom. The number of nitrogens with one attached hydrogen (secondary N) is 3. The number of nitro groups is 2. The predicted molar refractivity (Wildman–Crippen MR) is 103 cm³/mol. The van der Waals surface area contributed by atoms with Gasteiger partial charge in [-0.3, -0.25) is 20.2 Å². The van der Waals surface area contributed by atoms with Crippen molar-refractivity contribution in [2.75, 3.05) is 36.9 Å². The smallest absolute Gasteiger partial charge is 0.271 e. The van der Waals surface area contributed by atoms with Gasteiger partial charge in [-0.15, -0.1) is 0 Å². The zero-order valence-corrected chi connectivity index (χ0v) is 14.9. The Bertz CT molecular complexity index is 751.